The van der Waals surface area contributed by atoms with Gasteiger partial charge in [0.25, 0.3) is 0 Å². The van der Waals surface area contributed by atoms with E-state index in [0.29, 0.717) is 39.7 Å². The molecule has 1 N–H and O–H groups in total. The van der Waals surface area contributed by atoms with Gasteiger partial charge >= 0.3 is 5.97 Å². The van der Waals surface area contributed by atoms with Gasteiger partial charge in [-0.05, 0) is 69.3 Å². The average Bonchev–Trinajstić information content (AvgIpc) is 3.07. The number of ether oxygens (including phenoxy) is 1. The Morgan fingerprint density at radius 1 is 1.32 bits per heavy atom. The Morgan fingerprint density at radius 3 is 2.74 bits per heavy atom. The molecule has 3 rings (SSSR count). The number of likely N-dealkylation sites (N-methyl/N-ethyl adjacent to an activating group) is 1. The van der Waals surface area contributed by atoms with Gasteiger partial charge in [-0.25, -0.2) is 4.79 Å². The number of nitrogens with zero attached hydrogens (tertiary/aromatic N) is 1. The minimum Gasteiger partial charge on any atom is -0.462 e. The van der Waals surface area contributed by atoms with Gasteiger partial charge in [0.2, 0.25) is 5.91 Å². The van der Waals surface area contributed by atoms with Gasteiger partial charge in [0.15, 0.2) is 0 Å². The molecule has 31 heavy (non-hydrogen) atoms. The summed E-state index contributed by atoms with van der Waals surface area (Å²) in [5.74, 6) is 0.0439. The number of thiophene rings is 1. The summed E-state index contributed by atoms with van der Waals surface area (Å²) in [4.78, 5) is 28.8. The van der Waals surface area contributed by atoms with Crippen molar-refractivity contribution in [3.05, 3.63) is 49.8 Å². The highest BCUT2D eigenvalue weighted by atomic mass is 35.5. The van der Waals surface area contributed by atoms with Crippen LogP contribution in [0, 0.1) is 5.92 Å². The van der Waals surface area contributed by atoms with Gasteiger partial charge in [-0.15, -0.1) is 11.3 Å². The molecule has 0 aliphatic heterocycles. The lowest BCUT2D eigenvalue weighted by Gasteiger charge is -2.24. The molecule has 1 aromatic heterocycles. The maximum atomic E-state index is 13.0. The van der Waals surface area contributed by atoms with Crippen molar-refractivity contribution in [1.29, 1.82) is 0 Å². The minimum atomic E-state index is -0.414. The van der Waals surface area contributed by atoms with Crippen molar-refractivity contribution in [3.63, 3.8) is 0 Å². The number of rotatable bonds is 7. The Kier molecular flexibility index (Phi) is 8.03. The summed E-state index contributed by atoms with van der Waals surface area (Å²) in [6.45, 7) is 6.68. The van der Waals surface area contributed by atoms with Crippen LogP contribution >= 0.6 is 34.5 Å². The van der Waals surface area contributed by atoms with E-state index in [1.165, 1.54) is 16.2 Å². The van der Waals surface area contributed by atoms with Crippen LogP contribution in [-0.4, -0.2) is 36.5 Å². The molecule has 0 saturated heterocycles. The fraction of sp³-hybridized carbons (Fsp3) is 0.478. The van der Waals surface area contributed by atoms with E-state index in [1.54, 1.807) is 19.1 Å². The van der Waals surface area contributed by atoms with Gasteiger partial charge in [-0.3, -0.25) is 9.69 Å². The molecule has 2 atom stereocenters. The molecule has 1 aliphatic carbocycles. The minimum absolute atomic E-state index is 0.167. The second-order valence-corrected chi connectivity index (χ2v) is 10.0. The molecule has 2 unspecified atom stereocenters. The maximum absolute atomic E-state index is 13.0. The first-order valence-corrected chi connectivity index (χ1v) is 12.0. The van der Waals surface area contributed by atoms with Crippen molar-refractivity contribution in [2.45, 2.75) is 52.6 Å². The lowest BCUT2D eigenvalue weighted by molar-refractivity contribution is -0.120. The summed E-state index contributed by atoms with van der Waals surface area (Å²) >= 11 is 13.6. The Morgan fingerprint density at radius 2 is 2.06 bits per heavy atom. The van der Waals surface area contributed by atoms with E-state index in [9.17, 15) is 9.59 Å². The second-order valence-electron chi connectivity index (χ2n) is 8.11. The molecule has 2 aromatic rings. The highest BCUT2D eigenvalue weighted by Gasteiger charge is 2.30. The zero-order chi connectivity index (χ0) is 22.7. The normalized spacial score (nSPS) is 16.7. The molecule has 8 heteroatoms. The summed E-state index contributed by atoms with van der Waals surface area (Å²) in [6.07, 6.45) is 2.80. The number of esters is 1. The summed E-state index contributed by atoms with van der Waals surface area (Å²) in [6, 6.07) is 5.03. The van der Waals surface area contributed by atoms with Gasteiger partial charge in [-0.1, -0.05) is 36.2 Å². The van der Waals surface area contributed by atoms with Crippen LogP contribution in [0.3, 0.4) is 0 Å². The SMILES string of the molecule is CCOC(=O)c1c(NC(=O)C(C)N(C)Cc2ccc(Cl)c(Cl)c2)sc2c1CCC(C)C2. The topological polar surface area (TPSA) is 58.6 Å². The Labute approximate surface area is 197 Å². The molecule has 0 bridgehead atoms. The first-order valence-electron chi connectivity index (χ1n) is 10.5. The number of benzene rings is 1. The van der Waals surface area contributed by atoms with E-state index >= 15 is 0 Å². The maximum Gasteiger partial charge on any atom is 0.341 e. The zero-order valence-electron chi connectivity index (χ0n) is 18.3. The number of hydrogen-bond donors (Lipinski definition) is 1. The fourth-order valence-corrected chi connectivity index (χ4v) is 5.46. The summed E-state index contributed by atoms with van der Waals surface area (Å²) in [5, 5.41) is 4.58. The molecule has 0 spiro atoms. The first kappa shape index (κ1) is 24.1. The molecule has 0 saturated carbocycles. The quantitative estimate of drug-likeness (QED) is 0.505. The molecule has 1 amide bonds. The molecule has 1 heterocycles. The van der Waals surface area contributed by atoms with Crippen molar-refractivity contribution < 1.29 is 14.3 Å². The van der Waals surface area contributed by atoms with E-state index in [2.05, 4.69) is 12.2 Å². The van der Waals surface area contributed by atoms with Crippen molar-refractivity contribution in [3.8, 4) is 0 Å². The third-order valence-electron chi connectivity index (χ3n) is 5.68. The zero-order valence-corrected chi connectivity index (χ0v) is 20.6. The molecule has 1 aromatic carbocycles. The number of anilines is 1. The Hall–Kier alpha value is -1.60. The predicted octanol–water partition coefficient (Wildman–Crippen LogP) is 5.82. The Bertz CT molecular complexity index is 976. The summed E-state index contributed by atoms with van der Waals surface area (Å²) in [7, 11) is 1.88. The highest BCUT2D eigenvalue weighted by molar-refractivity contribution is 7.17. The molecular weight excluding hydrogens is 455 g/mol. The van der Waals surface area contributed by atoms with E-state index in [-0.39, 0.29) is 11.9 Å². The molecule has 0 radical (unpaired) electrons. The van der Waals surface area contributed by atoms with Crippen LogP contribution in [0.2, 0.25) is 10.0 Å². The largest absolute Gasteiger partial charge is 0.462 e. The van der Waals surface area contributed by atoms with Crippen LogP contribution in [0.25, 0.3) is 0 Å². The second kappa shape index (κ2) is 10.3. The van der Waals surface area contributed by atoms with Gasteiger partial charge in [0, 0.05) is 11.4 Å². The molecule has 0 fully saturated rings. The van der Waals surface area contributed by atoms with Crippen LogP contribution in [-0.2, 0) is 28.9 Å². The smallest absolute Gasteiger partial charge is 0.341 e. The number of fused-ring (bicyclic) bond motifs is 1. The van der Waals surface area contributed by atoms with E-state index < -0.39 is 6.04 Å². The standard InChI is InChI=1S/C23H28Cl2N2O3S/c1-5-30-23(29)20-16-8-6-13(2)10-19(16)31-22(20)26-21(28)14(3)27(4)12-15-7-9-17(24)18(25)11-15/h7,9,11,13-14H,5-6,8,10,12H2,1-4H3,(H,26,28). The van der Waals surface area contributed by atoms with Gasteiger partial charge in [0.05, 0.1) is 28.3 Å². The molecule has 168 valence electrons. The number of halogens is 2. The number of amides is 1. The summed E-state index contributed by atoms with van der Waals surface area (Å²) < 4.78 is 5.29. The molecular formula is C23H28Cl2N2O3S. The van der Waals surface area contributed by atoms with Crippen LogP contribution in [0.1, 0.15) is 53.6 Å². The monoisotopic (exact) mass is 482 g/mol. The number of carbonyl (C=O) groups is 2. The van der Waals surface area contributed by atoms with Gasteiger partial charge in [0.1, 0.15) is 5.00 Å². The first-order chi connectivity index (χ1) is 14.7. The fourth-order valence-electron chi connectivity index (χ4n) is 3.74. The van der Waals surface area contributed by atoms with Crippen LogP contribution < -0.4 is 5.32 Å². The van der Waals surface area contributed by atoms with Crippen LogP contribution in [0.5, 0.6) is 0 Å². The lowest BCUT2D eigenvalue weighted by Crippen LogP contribution is -2.39. The van der Waals surface area contributed by atoms with Crippen molar-refractivity contribution >= 4 is 51.4 Å². The van der Waals surface area contributed by atoms with Gasteiger partial charge < -0.3 is 10.1 Å². The highest BCUT2D eigenvalue weighted by Crippen LogP contribution is 2.40. The number of nitrogens with one attached hydrogen (secondary N) is 1. The van der Waals surface area contributed by atoms with Crippen LogP contribution in [0.15, 0.2) is 18.2 Å². The van der Waals surface area contributed by atoms with Crippen molar-refractivity contribution in [1.82, 2.24) is 4.90 Å². The third-order valence-corrected chi connectivity index (χ3v) is 7.59. The van der Waals surface area contributed by atoms with Crippen molar-refractivity contribution in [2.24, 2.45) is 5.92 Å². The third kappa shape index (κ3) is 5.61. The van der Waals surface area contributed by atoms with E-state index in [4.69, 9.17) is 27.9 Å². The average molecular weight is 483 g/mol. The molecule has 1 aliphatic rings. The molecule has 5 nitrogen and oxygen atoms in total. The van der Waals surface area contributed by atoms with Crippen LogP contribution in [0.4, 0.5) is 5.00 Å². The summed E-state index contributed by atoms with van der Waals surface area (Å²) in [5.41, 5.74) is 2.53. The number of carbonyl (C=O) groups excluding carboxylic acids is 2. The lowest BCUT2D eigenvalue weighted by atomic mass is 9.88. The predicted molar refractivity (Wildman–Crippen MR) is 127 cm³/mol. The van der Waals surface area contributed by atoms with Gasteiger partial charge in [-0.2, -0.15) is 0 Å². The Balaban J connectivity index is 1.76. The van der Waals surface area contributed by atoms with E-state index in [1.807, 2.05) is 24.9 Å². The van der Waals surface area contributed by atoms with Crippen molar-refractivity contribution in [2.75, 3.05) is 19.0 Å². The van der Waals surface area contributed by atoms with E-state index in [0.717, 1.165) is 30.4 Å². The number of hydrogen-bond acceptors (Lipinski definition) is 5.